The van der Waals surface area contributed by atoms with Crippen LogP contribution in [0.2, 0.25) is 0 Å². The van der Waals surface area contributed by atoms with E-state index in [2.05, 4.69) is 0 Å². The van der Waals surface area contributed by atoms with Gasteiger partial charge in [0.05, 0.1) is 24.2 Å². The topological polar surface area (TPSA) is 49.8 Å². The van der Waals surface area contributed by atoms with E-state index in [0.717, 1.165) is 16.7 Å². The van der Waals surface area contributed by atoms with Crippen LogP contribution in [0.4, 0.5) is 0 Å². The molecular formula is C23H29NO3. The second-order valence-electron chi connectivity index (χ2n) is 8.13. The summed E-state index contributed by atoms with van der Waals surface area (Å²) in [7, 11) is 0. The van der Waals surface area contributed by atoms with E-state index in [1.807, 2.05) is 75.4 Å². The Morgan fingerprint density at radius 2 is 1.78 bits per heavy atom. The smallest absolute Gasteiger partial charge is 0.231 e. The fourth-order valence-electron chi connectivity index (χ4n) is 3.73. The van der Waals surface area contributed by atoms with Crippen molar-refractivity contribution in [1.29, 1.82) is 0 Å². The first-order valence-corrected chi connectivity index (χ1v) is 9.46. The molecule has 0 spiro atoms. The van der Waals surface area contributed by atoms with Crippen LogP contribution in [0.1, 0.15) is 50.4 Å². The van der Waals surface area contributed by atoms with E-state index in [1.165, 1.54) is 0 Å². The summed E-state index contributed by atoms with van der Waals surface area (Å²) in [5.74, 6) is -0.732. The number of nitrogens with zero attached hydrogens (tertiary/aromatic N) is 1. The number of rotatable bonds is 4. The molecule has 1 amide bonds. The summed E-state index contributed by atoms with van der Waals surface area (Å²) in [6.45, 7) is 9.76. The highest BCUT2D eigenvalue weighted by Gasteiger charge is 2.48. The third-order valence-electron chi connectivity index (χ3n) is 5.76. The molecule has 0 radical (unpaired) electrons. The summed E-state index contributed by atoms with van der Waals surface area (Å²) in [4.78, 5) is 15.3. The Morgan fingerprint density at radius 1 is 1.19 bits per heavy atom. The van der Waals surface area contributed by atoms with Crippen molar-refractivity contribution in [3.8, 4) is 0 Å². The number of benzene rings is 2. The van der Waals surface area contributed by atoms with Crippen LogP contribution in [0, 0.1) is 12.8 Å². The maximum Gasteiger partial charge on any atom is 0.231 e. The van der Waals surface area contributed by atoms with Crippen molar-refractivity contribution in [2.75, 3.05) is 6.61 Å². The minimum atomic E-state index is -1.27. The third kappa shape index (κ3) is 3.64. The highest BCUT2D eigenvalue weighted by atomic mass is 16.5. The van der Waals surface area contributed by atoms with Gasteiger partial charge in [-0.25, -0.2) is 0 Å². The van der Waals surface area contributed by atoms with E-state index >= 15 is 0 Å². The zero-order valence-electron chi connectivity index (χ0n) is 16.8. The molecule has 0 aliphatic carbocycles. The van der Waals surface area contributed by atoms with Gasteiger partial charge in [-0.1, -0.05) is 67.1 Å². The summed E-state index contributed by atoms with van der Waals surface area (Å²) in [5, 5.41) is 11.2. The van der Waals surface area contributed by atoms with Crippen LogP contribution in [0.15, 0.2) is 54.6 Å². The van der Waals surface area contributed by atoms with Crippen molar-refractivity contribution in [3.63, 3.8) is 0 Å². The monoisotopic (exact) mass is 367 g/mol. The van der Waals surface area contributed by atoms with Gasteiger partial charge in [-0.15, -0.1) is 0 Å². The van der Waals surface area contributed by atoms with E-state index in [1.54, 1.807) is 18.7 Å². The van der Waals surface area contributed by atoms with Gasteiger partial charge in [0.15, 0.2) is 0 Å². The summed E-state index contributed by atoms with van der Waals surface area (Å²) in [5.41, 5.74) is 0.897. The zero-order valence-corrected chi connectivity index (χ0v) is 16.8. The van der Waals surface area contributed by atoms with Gasteiger partial charge in [0.1, 0.15) is 5.72 Å². The molecule has 1 saturated heterocycles. The molecule has 1 aliphatic rings. The van der Waals surface area contributed by atoms with Gasteiger partial charge in [0.2, 0.25) is 5.91 Å². The number of hydrogen-bond donors (Lipinski definition) is 1. The second kappa shape index (κ2) is 7.10. The van der Waals surface area contributed by atoms with Crippen LogP contribution in [0.3, 0.4) is 0 Å². The van der Waals surface area contributed by atoms with Gasteiger partial charge in [0, 0.05) is 0 Å². The highest BCUT2D eigenvalue weighted by Crippen LogP contribution is 2.40. The van der Waals surface area contributed by atoms with Crippen LogP contribution < -0.4 is 0 Å². The Morgan fingerprint density at radius 3 is 2.37 bits per heavy atom. The molecular weight excluding hydrogens is 338 g/mol. The molecule has 0 bridgehead atoms. The minimum absolute atomic E-state index is 0.114. The normalized spacial score (nSPS) is 22.3. The lowest BCUT2D eigenvalue weighted by Gasteiger charge is -2.39. The number of amides is 1. The molecule has 144 valence electrons. The first-order chi connectivity index (χ1) is 12.6. The van der Waals surface area contributed by atoms with Crippen LogP contribution >= 0.6 is 0 Å². The lowest BCUT2D eigenvalue weighted by molar-refractivity contribution is -0.158. The average molecular weight is 367 g/mol. The van der Waals surface area contributed by atoms with Gasteiger partial charge in [-0.2, -0.15) is 0 Å². The van der Waals surface area contributed by atoms with Crippen molar-refractivity contribution < 1.29 is 14.6 Å². The van der Waals surface area contributed by atoms with Crippen LogP contribution in [0.5, 0.6) is 0 Å². The molecule has 0 unspecified atom stereocenters. The van der Waals surface area contributed by atoms with Crippen LogP contribution in [-0.2, 0) is 15.1 Å². The molecule has 27 heavy (non-hydrogen) atoms. The average Bonchev–Trinajstić information content (AvgIpc) is 2.96. The summed E-state index contributed by atoms with van der Waals surface area (Å²) in [6, 6.07) is 17.4. The van der Waals surface area contributed by atoms with Crippen molar-refractivity contribution in [1.82, 2.24) is 4.90 Å². The Kier molecular flexibility index (Phi) is 5.15. The van der Waals surface area contributed by atoms with Gasteiger partial charge in [0.25, 0.3) is 0 Å². The largest absolute Gasteiger partial charge is 0.385 e. The van der Waals surface area contributed by atoms with E-state index in [9.17, 15) is 9.90 Å². The van der Waals surface area contributed by atoms with Gasteiger partial charge < -0.3 is 14.7 Å². The highest BCUT2D eigenvalue weighted by molar-refractivity contribution is 5.81. The molecule has 4 nitrogen and oxygen atoms in total. The maximum atomic E-state index is 13.5. The molecule has 2 aromatic carbocycles. The number of hydrogen-bond acceptors (Lipinski definition) is 3. The van der Waals surface area contributed by atoms with Crippen molar-refractivity contribution in [2.24, 2.45) is 5.92 Å². The lowest BCUT2D eigenvalue weighted by atomic mass is 9.82. The molecule has 1 aliphatic heterocycles. The standard InChI is InChI=1S/C23H29NO3/c1-16-11-13-19(14-12-16)23(5,26)17(2)21(25)24-20(15-27-22(24,3)4)18-9-7-6-8-10-18/h6-14,17,20,26H,15H2,1-5H3/t17-,20-,23+/m0/s1. The van der Waals surface area contributed by atoms with Gasteiger partial charge >= 0.3 is 0 Å². The predicted octanol–water partition coefficient (Wildman–Crippen LogP) is 4.17. The van der Waals surface area contributed by atoms with Gasteiger partial charge in [-0.3, -0.25) is 4.79 Å². The maximum absolute atomic E-state index is 13.5. The number of ether oxygens (including phenoxy) is 1. The van der Waals surface area contributed by atoms with E-state index < -0.39 is 17.2 Å². The number of aliphatic hydroxyl groups is 1. The fraction of sp³-hybridized carbons (Fsp3) is 0.435. The molecule has 2 aromatic rings. The molecule has 3 atom stereocenters. The molecule has 1 heterocycles. The first kappa shape index (κ1) is 19.6. The van der Waals surface area contributed by atoms with Crippen molar-refractivity contribution in [3.05, 3.63) is 71.3 Å². The van der Waals surface area contributed by atoms with Crippen molar-refractivity contribution >= 4 is 5.91 Å². The molecule has 0 saturated carbocycles. The Bertz CT molecular complexity index is 796. The van der Waals surface area contributed by atoms with E-state index in [4.69, 9.17) is 4.74 Å². The Hall–Kier alpha value is -2.17. The van der Waals surface area contributed by atoms with E-state index in [0.29, 0.717) is 6.61 Å². The second-order valence-corrected chi connectivity index (χ2v) is 8.13. The third-order valence-corrected chi connectivity index (χ3v) is 5.76. The number of aryl methyl sites for hydroxylation is 1. The zero-order chi connectivity index (χ0) is 19.8. The Labute approximate surface area is 161 Å². The predicted molar refractivity (Wildman–Crippen MR) is 106 cm³/mol. The molecule has 1 fully saturated rings. The fourth-order valence-corrected chi connectivity index (χ4v) is 3.73. The van der Waals surface area contributed by atoms with Crippen molar-refractivity contribution in [2.45, 2.75) is 52.0 Å². The number of carbonyl (C=O) groups is 1. The quantitative estimate of drug-likeness (QED) is 0.882. The van der Waals surface area contributed by atoms with Gasteiger partial charge in [-0.05, 0) is 38.8 Å². The number of carbonyl (C=O) groups excluding carboxylic acids is 1. The summed E-state index contributed by atoms with van der Waals surface area (Å²) < 4.78 is 5.95. The summed E-state index contributed by atoms with van der Waals surface area (Å²) >= 11 is 0. The van der Waals surface area contributed by atoms with E-state index in [-0.39, 0.29) is 11.9 Å². The first-order valence-electron chi connectivity index (χ1n) is 9.46. The minimum Gasteiger partial charge on any atom is -0.385 e. The molecule has 4 heteroatoms. The van der Waals surface area contributed by atoms with Crippen LogP contribution in [0.25, 0.3) is 0 Å². The summed E-state index contributed by atoms with van der Waals surface area (Å²) in [6.07, 6.45) is 0. The Balaban J connectivity index is 1.92. The molecule has 3 rings (SSSR count). The lowest BCUT2D eigenvalue weighted by Crippen LogP contribution is -2.51. The van der Waals surface area contributed by atoms with Crippen LogP contribution in [-0.4, -0.2) is 28.2 Å². The molecule has 0 aromatic heterocycles. The SMILES string of the molecule is Cc1ccc([C@](C)(O)[C@@H](C)C(=O)N2[C@H](c3ccccc3)COC2(C)C)cc1. The molecule has 1 N–H and O–H groups in total.